The number of methoxy groups -OCH3 is 1. The van der Waals surface area contributed by atoms with Crippen LogP contribution in [0, 0.1) is 13.8 Å². The Kier molecular flexibility index (Phi) is 3.24. The molecule has 0 aliphatic carbocycles. The first-order chi connectivity index (χ1) is 8.15. The third-order valence-electron chi connectivity index (χ3n) is 2.52. The van der Waals surface area contributed by atoms with Crippen LogP contribution in [-0.2, 0) is 0 Å². The minimum Gasteiger partial charge on any atom is -0.496 e. The molecule has 3 nitrogen and oxygen atoms in total. The molecule has 0 fully saturated rings. The number of hydrogen-bond acceptors (Lipinski definition) is 4. The van der Waals surface area contributed by atoms with Crippen molar-refractivity contribution >= 4 is 17.6 Å². The van der Waals surface area contributed by atoms with Crippen LogP contribution >= 0.6 is 11.3 Å². The smallest absolute Gasteiger partial charge is 0.178 e. The first-order valence-electron chi connectivity index (χ1n) is 5.22. The monoisotopic (exact) mass is 247 g/mol. The number of ether oxygens (including phenoxy) is 1. The number of hydrogen-bond donors (Lipinski definition) is 0. The van der Waals surface area contributed by atoms with Crippen molar-refractivity contribution in [1.82, 2.24) is 4.98 Å². The highest BCUT2D eigenvalue weighted by Crippen LogP contribution is 2.34. The Balaban J connectivity index is 2.60. The van der Waals surface area contributed by atoms with E-state index in [0.29, 0.717) is 5.01 Å². The van der Waals surface area contributed by atoms with Gasteiger partial charge < -0.3 is 4.74 Å². The lowest BCUT2D eigenvalue weighted by molar-refractivity contribution is 0.112. The summed E-state index contributed by atoms with van der Waals surface area (Å²) >= 11 is 1.34. The average Bonchev–Trinajstić information content (AvgIpc) is 2.76. The van der Waals surface area contributed by atoms with Crippen molar-refractivity contribution in [2.45, 2.75) is 13.8 Å². The van der Waals surface area contributed by atoms with E-state index in [1.54, 1.807) is 7.11 Å². The molecular weight excluding hydrogens is 234 g/mol. The van der Waals surface area contributed by atoms with Crippen LogP contribution in [0.1, 0.15) is 20.9 Å². The van der Waals surface area contributed by atoms with Crippen molar-refractivity contribution in [2.75, 3.05) is 7.11 Å². The molecule has 0 atom stereocenters. The van der Waals surface area contributed by atoms with Gasteiger partial charge in [0.15, 0.2) is 11.3 Å². The van der Waals surface area contributed by atoms with Crippen LogP contribution in [0.5, 0.6) is 5.75 Å². The minimum absolute atomic E-state index is 0.487. The Labute approximate surface area is 104 Å². The molecule has 1 aromatic carbocycles. The second-order valence-electron chi connectivity index (χ2n) is 3.85. The molecule has 0 N–H and O–H groups in total. The molecule has 0 aliphatic rings. The molecule has 0 bridgehead atoms. The first kappa shape index (κ1) is 11.8. The maximum atomic E-state index is 10.7. The summed E-state index contributed by atoms with van der Waals surface area (Å²) in [6, 6.07) is 4.09. The summed E-state index contributed by atoms with van der Waals surface area (Å²) in [7, 11) is 1.65. The number of thiazole rings is 1. The van der Waals surface area contributed by atoms with Gasteiger partial charge in [-0.15, -0.1) is 11.3 Å². The third-order valence-corrected chi connectivity index (χ3v) is 3.29. The summed E-state index contributed by atoms with van der Waals surface area (Å²) in [4.78, 5) is 14.9. The number of rotatable bonds is 3. The molecule has 2 rings (SSSR count). The summed E-state index contributed by atoms with van der Waals surface area (Å²) in [6.07, 6.45) is 0.767. The lowest BCUT2D eigenvalue weighted by Crippen LogP contribution is -1.93. The lowest BCUT2D eigenvalue weighted by atomic mass is 10.0. The van der Waals surface area contributed by atoms with Gasteiger partial charge in [-0.25, -0.2) is 4.98 Å². The average molecular weight is 247 g/mol. The fourth-order valence-corrected chi connectivity index (χ4v) is 2.50. The lowest BCUT2D eigenvalue weighted by Gasteiger charge is -2.10. The van der Waals surface area contributed by atoms with Crippen molar-refractivity contribution in [3.63, 3.8) is 0 Å². The van der Waals surface area contributed by atoms with Crippen LogP contribution in [0.25, 0.3) is 11.3 Å². The molecule has 0 saturated carbocycles. The Bertz CT molecular complexity index is 561. The quantitative estimate of drug-likeness (QED) is 0.781. The summed E-state index contributed by atoms with van der Waals surface area (Å²) in [5, 5.41) is 2.36. The van der Waals surface area contributed by atoms with Crippen LogP contribution in [0.4, 0.5) is 0 Å². The van der Waals surface area contributed by atoms with Gasteiger partial charge in [-0.3, -0.25) is 4.79 Å². The number of carbonyl (C=O) groups excluding carboxylic acids is 1. The van der Waals surface area contributed by atoms with Gasteiger partial charge in [-0.05, 0) is 31.0 Å². The molecule has 0 radical (unpaired) electrons. The van der Waals surface area contributed by atoms with Crippen molar-refractivity contribution < 1.29 is 9.53 Å². The van der Waals surface area contributed by atoms with E-state index in [9.17, 15) is 4.79 Å². The highest BCUT2D eigenvalue weighted by molar-refractivity contribution is 7.11. The molecule has 1 heterocycles. The maximum absolute atomic E-state index is 10.7. The molecule has 0 spiro atoms. The highest BCUT2D eigenvalue weighted by Gasteiger charge is 2.12. The second kappa shape index (κ2) is 4.67. The molecule has 88 valence electrons. The van der Waals surface area contributed by atoms with E-state index in [2.05, 4.69) is 11.1 Å². The van der Waals surface area contributed by atoms with E-state index in [4.69, 9.17) is 4.74 Å². The zero-order valence-electron chi connectivity index (χ0n) is 9.98. The van der Waals surface area contributed by atoms with E-state index in [-0.39, 0.29) is 0 Å². The second-order valence-corrected chi connectivity index (χ2v) is 4.74. The van der Waals surface area contributed by atoms with Gasteiger partial charge in [-0.2, -0.15) is 0 Å². The van der Waals surface area contributed by atoms with E-state index >= 15 is 0 Å². The van der Waals surface area contributed by atoms with Gasteiger partial charge in [0.2, 0.25) is 0 Å². The zero-order chi connectivity index (χ0) is 12.4. The van der Waals surface area contributed by atoms with Crippen molar-refractivity contribution in [1.29, 1.82) is 0 Å². The van der Waals surface area contributed by atoms with Crippen LogP contribution in [-0.4, -0.2) is 18.4 Å². The molecular formula is C13H13NO2S. The van der Waals surface area contributed by atoms with E-state index in [1.807, 2.05) is 25.3 Å². The number of nitrogens with zero attached hydrogens (tertiary/aromatic N) is 1. The minimum atomic E-state index is 0.487. The number of aromatic nitrogens is 1. The molecule has 0 unspecified atom stereocenters. The molecule has 0 aliphatic heterocycles. The van der Waals surface area contributed by atoms with Crippen LogP contribution in [0.3, 0.4) is 0 Å². The maximum Gasteiger partial charge on any atom is 0.178 e. The number of benzene rings is 1. The molecule has 2 aromatic rings. The highest BCUT2D eigenvalue weighted by atomic mass is 32.1. The van der Waals surface area contributed by atoms with Gasteiger partial charge in [-0.1, -0.05) is 6.07 Å². The topological polar surface area (TPSA) is 39.2 Å². The van der Waals surface area contributed by atoms with E-state index in [0.717, 1.165) is 34.4 Å². The Hall–Kier alpha value is -1.68. The number of aryl methyl sites for hydroxylation is 2. The van der Waals surface area contributed by atoms with Gasteiger partial charge in [0.25, 0.3) is 0 Å². The summed E-state index contributed by atoms with van der Waals surface area (Å²) in [5.41, 5.74) is 3.96. The first-order valence-corrected chi connectivity index (χ1v) is 6.10. The summed E-state index contributed by atoms with van der Waals surface area (Å²) < 4.78 is 5.40. The largest absolute Gasteiger partial charge is 0.496 e. The number of carbonyl (C=O) groups is 1. The predicted octanol–water partition coefficient (Wildman–Crippen LogP) is 3.25. The number of aldehydes is 1. The zero-order valence-corrected chi connectivity index (χ0v) is 10.8. The van der Waals surface area contributed by atoms with E-state index < -0.39 is 0 Å². The summed E-state index contributed by atoms with van der Waals surface area (Å²) in [5.74, 6) is 0.818. The van der Waals surface area contributed by atoms with Crippen LogP contribution in [0.2, 0.25) is 0 Å². The normalized spacial score (nSPS) is 10.3. The fourth-order valence-electron chi connectivity index (χ4n) is 1.88. The third kappa shape index (κ3) is 2.22. The van der Waals surface area contributed by atoms with Gasteiger partial charge >= 0.3 is 0 Å². The SMILES string of the molecule is COc1c(C)cc(C)cc1-c1csc(C=O)n1. The van der Waals surface area contributed by atoms with Gasteiger partial charge in [0, 0.05) is 10.9 Å². The van der Waals surface area contributed by atoms with Crippen molar-refractivity contribution in [3.8, 4) is 17.0 Å². The van der Waals surface area contributed by atoms with Gasteiger partial charge in [0.1, 0.15) is 5.75 Å². The van der Waals surface area contributed by atoms with E-state index in [1.165, 1.54) is 11.3 Å². The molecule has 0 amide bonds. The van der Waals surface area contributed by atoms with Crippen LogP contribution < -0.4 is 4.74 Å². The Morgan fingerprint density at radius 3 is 2.71 bits per heavy atom. The van der Waals surface area contributed by atoms with Crippen molar-refractivity contribution in [3.05, 3.63) is 33.6 Å². The standard InChI is InChI=1S/C13H13NO2S/c1-8-4-9(2)13(16-3)10(5-8)11-7-17-12(6-15)14-11/h4-7H,1-3H3. The molecule has 1 aromatic heterocycles. The molecule has 17 heavy (non-hydrogen) atoms. The molecule has 4 heteroatoms. The predicted molar refractivity (Wildman–Crippen MR) is 69.0 cm³/mol. The summed E-state index contributed by atoms with van der Waals surface area (Å²) in [6.45, 7) is 4.03. The van der Waals surface area contributed by atoms with Crippen molar-refractivity contribution in [2.24, 2.45) is 0 Å². The Morgan fingerprint density at radius 1 is 1.35 bits per heavy atom. The molecule has 0 saturated heterocycles. The Morgan fingerprint density at radius 2 is 2.12 bits per heavy atom. The fraction of sp³-hybridized carbons (Fsp3) is 0.231. The van der Waals surface area contributed by atoms with Crippen LogP contribution in [0.15, 0.2) is 17.5 Å². The van der Waals surface area contributed by atoms with Gasteiger partial charge in [0.05, 0.1) is 12.8 Å².